The molecule has 0 saturated heterocycles. The minimum absolute atomic E-state index is 0.680. The standard InChI is InChI=1S/C17H24N2O/c1-2-6-13(7-3-1)10-14-11-19-16-9-5-4-8-15(16)18-17(19)20-12-14/h8-9,13-14H,1-7,10-12H2. The zero-order valence-electron chi connectivity index (χ0n) is 12.2. The lowest BCUT2D eigenvalue weighted by Crippen LogP contribution is -2.36. The second kappa shape index (κ2) is 5.27. The van der Waals surface area contributed by atoms with Gasteiger partial charge in [-0.2, -0.15) is 4.98 Å². The van der Waals surface area contributed by atoms with Crippen LogP contribution in [0, 0.1) is 11.8 Å². The van der Waals surface area contributed by atoms with Gasteiger partial charge in [-0.3, -0.25) is 4.57 Å². The molecule has 1 unspecified atom stereocenters. The maximum atomic E-state index is 5.94. The Labute approximate surface area is 120 Å². The van der Waals surface area contributed by atoms with Gasteiger partial charge in [0.2, 0.25) is 0 Å². The van der Waals surface area contributed by atoms with E-state index in [1.807, 2.05) is 0 Å². The third-order valence-electron chi connectivity index (χ3n) is 5.12. The van der Waals surface area contributed by atoms with Crippen molar-refractivity contribution in [2.75, 3.05) is 6.61 Å². The summed E-state index contributed by atoms with van der Waals surface area (Å²) < 4.78 is 8.26. The van der Waals surface area contributed by atoms with Crippen LogP contribution in [0.5, 0.6) is 6.01 Å². The molecule has 3 nitrogen and oxygen atoms in total. The number of hydrogen-bond acceptors (Lipinski definition) is 2. The normalized spacial score (nSPS) is 25.9. The molecule has 0 amide bonds. The summed E-state index contributed by atoms with van der Waals surface area (Å²) in [6.07, 6.45) is 15.4. The Balaban J connectivity index is 1.53. The number of fused-ring (bicyclic) bond motifs is 3. The Morgan fingerprint density at radius 3 is 2.85 bits per heavy atom. The van der Waals surface area contributed by atoms with Crippen molar-refractivity contribution >= 4 is 12.2 Å². The van der Waals surface area contributed by atoms with Crippen LogP contribution in [-0.4, -0.2) is 16.2 Å². The predicted molar refractivity (Wildman–Crippen MR) is 79.8 cm³/mol. The Bertz CT molecular complexity index is 595. The Morgan fingerprint density at radius 1 is 1.10 bits per heavy atom. The van der Waals surface area contributed by atoms with Gasteiger partial charge in [-0.1, -0.05) is 44.3 Å². The fourth-order valence-electron chi connectivity index (χ4n) is 4.09. The number of ether oxygens (including phenoxy) is 1. The van der Waals surface area contributed by atoms with Crippen LogP contribution in [0.25, 0.3) is 12.2 Å². The summed E-state index contributed by atoms with van der Waals surface area (Å²) in [6, 6.07) is 0.851. The summed E-state index contributed by atoms with van der Waals surface area (Å²) >= 11 is 0. The molecule has 1 fully saturated rings. The van der Waals surface area contributed by atoms with E-state index < -0.39 is 0 Å². The van der Waals surface area contributed by atoms with Crippen molar-refractivity contribution in [2.24, 2.45) is 11.8 Å². The van der Waals surface area contributed by atoms with E-state index in [0.717, 1.165) is 43.3 Å². The summed E-state index contributed by atoms with van der Waals surface area (Å²) in [4.78, 5) is 4.63. The quantitative estimate of drug-likeness (QED) is 0.825. The maximum absolute atomic E-state index is 5.94. The molecule has 1 saturated carbocycles. The van der Waals surface area contributed by atoms with Crippen molar-refractivity contribution in [3.05, 3.63) is 10.7 Å². The molecule has 20 heavy (non-hydrogen) atoms. The molecule has 4 rings (SSSR count). The number of imidazole rings is 1. The van der Waals surface area contributed by atoms with Crippen LogP contribution in [-0.2, 0) is 6.54 Å². The second-order valence-corrected chi connectivity index (χ2v) is 6.68. The lowest BCUT2D eigenvalue weighted by molar-refractivity contribution is 0.135. The summed E-state index contributed by atoms with van der Waals surface area (Å²) in [6.45, 7) is 1.98. The molecule has 1 aliphatic heterocycles. The molecular weight excluding hydrogens is 248 g/mol. The van der Waals surface area contributed by atoms with Crippen LogP contribution < -0.4 is 15.4 Å². The molecular formula is C17H24N2O. The van der Waals surface area contributed by atoms with Crippen molar-refractivity contribution < 1.29 is 4.74 Å². The van der Waals surface area contributed by atoms with Crippen LogP contribution in [0.1, 0.15) is 51.4 Å². The van der Waals surface area contributed by atoms with Gasteiger partial charge in [0.25, 0.3) is 6.01 Å². The highest BCUT2D eigenvalue weighted by molar-refractivity contribution is 5.35. The third-order valence-corrected chi connectivity index (χ3v) is 5.12. The molecule has 3 aliphatic rings. The highest BCUT2D eigenvalue weighted by atomic mass is 16.5. The van der Waals surface area contributed by atoms with Crippen LogP contribution in [0.4, 0.5) is 0 Å². The fourth-order valence-corrected chi connectivity index (χ4v) is 4.09. The van der Waals surface area contributed by atoms with E-state index in [1.54, 1.807) is 0 Å². The molecule has 0 N–H and O–H groups in total. The van der Waals surface area contributed by atoms with Gasteiger partial charge in [-0.15, -0.1) is 0 Å². The number of rotatable bonds is 2. The van der Waals surface area contributed by atoms with Crippen molar-refractivity contribution in [1.29, 1.82) is 0 Å². The van der Waals surface area contributed by atoms with E-state index in [2.05, 4.69) is 21.7 Å². The van der Waals surface area contributed by atoms with E-state index in [0.29, 0.717) is 5.92 Å². The van der Waals surface area contributed by atoms with Gasteiger partial charge in [-0.05, 0) is 25.2 Å². The second-order valence-electron chi connectivity index (χ2n) is 6.68. The van der Waals surface area contributed by atoms with Gasteiger partial charge < -0.3 is 4.74 Å². The number of aromatic nitrogens is 2. The van der Waals surface area contributed by atoms with Gasteiger partial charge in [-0.25, -0.2) is 0 Å². The first-order chi connectivity index (χ1) is 9.90. The summed E-state index contributed by atoms with van der Waals surface area (Å²) in [5.74, 6) is 1.62. The van der Waals surface area contributed by atoms with Gasteiger partial charge in [0.15, 0.2) is 0 Å². The predicted octanol–water partition coefficient (Wildman–Crippen LogP) is 2.22. The average molecular weight is 272 g/mol. The van der Waals surface area contributed by atoms with Crippen molar-refractivity contribution in [2.45, 2.75) is 57.9 Å². The molecule has 0 spiro atoms. The highest BCUT2D eigenvalue weighted by Crippen LogP contribution is 2.31. The van der Waals surface area contributed by atoms with Crippen LogP contribution >= 0.6 is 0 Å². The molecule has 2 aliphatic carbocycles. The SMILES string of the molecule is C1=c2nc3n(c2=CCC1)CC(CC1CCCCC1)CO3. The Morgan fingerprint density at radius 2 is 1.95 bits per heavy atom. The van der Waals surface area contributed by atoms with Gasteiger partial charge >= 0.3 is 0 Å². The summed E-state index contributed by atoms with van der Waals surface area (Å²) in [5.41, 5.74) is 0. The first-order valence-electron chi connectivity index (χ1n) is 8.30. The average Bonchev–Trinajstić information content (AvgIpc) is 2.86. The Hall–Kier alpha value is -1.25. The molecule has 0 aromatic carbocycles. The minimum atomic E-state index is 0.680. The summed E-state index contributed by atoms with van der Waals surface area (Å²) in [5, 5.41) is 2.45. The molecule has 0 bridgehead atoms. The first kappa shape index (κ1) is 12.5. The molecule has 1 atom stereocenters. The van der Waals surface area contributed by atoms with E-state index in [-0.39, 0.29) is 0 Å². The largest absolute Gasteiger partial charge is 0.464 e. The molecule has 2 heterocycles. The zero-order valence-corrected chi connectivity index (χ0v) is 12.2. The molecule has 108 valence electrons. The lowest BCUT2D eigenvalue weighted by atomic mass is 9.83. The lowest BCUT2D eigenvalue weighted by Gasteiger charge is -2.29. The van der Waals surface area contributed by atoms with Crippen LogP contribution in [0.2, 0.25) is 0 Å². The maximum Gasteiger partial charge on any atom is 0.297 e. The van der Waals surface area contributed by atoms with E-state index in [4.69, 9.17) is 4.74 Å². The van der Waals surface area contributed by atoms with Crippen molar-refractivity contribution in [3.8, 4) is 6.01 Å². The van der Waals surface area contributed by atoms with Crippen LogP contribution in [0.15, 0.2) is 0 Å². The van der Waals surface area contributed by atoms with E-state index >= 15 is 0 Å². The van der Waals surface area contributed by atoms with Gasteiger partial charge in [0.05, 0.1) is 17.3 Å². The highest BCUT2D eigenvalue weighted by Gasteiger charge is 2.25. The Kier molecular flexibility index (Phi) is 3.29. The smallest absolute Gasteiger partial charge is 0.297 e. The number of hydrogen-bond donors (Lipinski definition) is 0. The van der Waals surface area contributed by atoms with Crippen LogP contribution in [0.3, 0.4) is 0 Å². The fraction of sp³-hybridized carbons (Fsp3) is 0.706. The zero-order chi connectivity index (χ0) is 13.4. The van der Waals surface area contributed by atoms with E-state index in [9.17, 15) is 0 Å². The first-order valence-corrected chi connectivity index (χ1v) is 8.30. The molecule has 3 heteroatoms. The third kappa shape index (κ3) is 2.27. The molecule has 1 aromatic rings. The van der Waals surface area contributed by atoms with E-state index in [1.165, 1.54) is 43.9 Å². The monoisotopic (exact) mass is 272 g/mol. The van der Waals surface area contributed by atoms with Gasteiger partial charge in [0.1, 0.15) is 0 Å². The number of nitrogens with zero attached hydrogens (tertiary/aromatic N) is 2. The molecule has 0 radical (unpaired) electrons. The van der Waals surface area contributed by atoms with Gasteiger partial charge in [0, 0.05) is 12.5 Å². The minimum Gasteiger partial charge on any atom is -0.464 e. The summed E-state index contributed by atoms with van der Waals surface area (Å²) in [7, 11) is 0. The molecule has 1 aromatic heterocycles. The topological polar surface area (TPSA) is 27.1 Å². The van der Waals surface area contributed by atoms with Crippen molar-refractivity contribution in [3.63, 3.8) is 0 Å². The van der Waals surface area contributed by atoms with Crippen molar-refractivity contribution in [1.82, 2.24) is 9.55 Å².